The van der Waals surface area contributed by atoms with Gasteiger partial charge in [0.05, 0.1) is 5.92 Å². The lowest BCUT2D eigenvalue weighted by Crippen LogP contribution is -2.16. The average molecular weight is 250 g/mol. The predicted molar refractivity (Wildman–Crippen MR) is 52.1 cm³/mol. The van der Waals surface area contributed by atoms with E-state index in [1.807, 2.05) is 0 Å². The number of carbonyl (C=O) groups is 1. The smallest absolute Gasteiger partial charge is 0.389 e. The van der Waals surface area contributed by atoms with E-state index in [1.165, 1.54) is 12.1 Å². The number of halogens is 4. The van der Waals surface area contributed by atoms with Gasteiger partial charge in [-0.25, -0.2) is 4.39 Å². The summed E-state index contributed by atoms with van der Waals surface area (Å²) in [6.45, 7) is 0. The van der Waals surface area contributed by atoms with Crippen molar-refractivity contribution in [1.29, 1.82) is 0 Å². The van der Waals surface area contributed by atoms with Crippen molar-refractivity contribution >= 4 is 5.97 Å². The van der Waals surface area contributed by atoms with Gasteiger partial charge in [0.1, 0.15) is 5.82 Å². The van der Waals surface area contributed by atoms with Gasteiger partial charge in [0.2, 0.25) is 0 Å². The van der Waals surface area contributed by atoms with Gasteiger partial charge < -0.3 is 5.11 Å². The number of aliphatic carboxylic acids is 1. The lowest BCUT2D eigenvalue weighted by Gasteiger charge is -2.14. The summed E-state index contributed by atoms with van der Waals surface area (Å²) in [5.74, 6) is -3.40. The van der Waals surface area contributed by atoms with Crippen LogP contribution in [0.25, 0.3) is 0 Å². The molecule has 1 unspecified atom stereocenters. The van der Waals surface area contributed by atoms with Crippen molar-refractivity contribution in [2.45, 2.75) is 24.9 Å². The van der Waals surface area contributed by atoms with Gasteiger partial charge in [-0.3, -0.25) is 4.79 Å². The van der Waals surface area contributed by atoms with Crippen LogP contribution in [0.1, 0.15) is 24.3 Å². The van der Waals surface area contributed by atoms with E-state index in [0.717, 1.165) is 12.1 Å². The highest BCUT2D eigenvalue weighted by molar-refractivity contribution is 5.76. The minimum atomic E-state index is -4.42. The van der Waals surface area contributed by atoms with Gasteiger partial charge in [0.15, 0.2) is 0 Å². The molecule has 0 fully saturated rings. The standard InChI is InChI=1S/C11H10F4O2/c12-8-3-1-2-7(6-8)9(10(16)17)4-5-11(13,14)15/h1-3,6,9H,4-5H2,(H,16,17). The van der Waals surface area contributed by atoms with Crippen molar-refractivity contribution in [2.24, 2.45) is 0 Å². The number of benzene rings is 1. The summed E-state index contributed by atoms with van der Waals surface area (Å²) < 4.78 is 48.9. The second-order valence-electron chi connectivity index (χ2n) is 3.60. The summed E-state index contributed by atoms with van der Waals surface area (Å²) in [7, 11) is 0. The number of hydrogen-bond donors (Lipinski definition) is 1. The molecule has 1 atom stereocenters. The molecule has 17 heavy (non-hydrogen) atoms. The molecule has 0 saturated heterocycles. The molecule has 0 radical (unpaired) electrons. The first-order chi connectivity index (χ1) is 7.79. The Morgan fingerprint density at radius 2 is 2.00 bits per heavy atom. The number of hydrogen-bond acceptors (Lipinski definition) is 1. The molecule has 0 aromatic heterocycles. The van der Waals surface area contributed by atoms with E-state index < -0.39 is 36.7 Å². The van der Waals surface area contributed by atoms with Crippen LogP contribution in [0.5, 0.6) is 0 Å². The van der Waals surface area contributed by atoms with E-state index in [0.29, 0.717) is 0 Å². The van der Waals surface area contributed by atoms with Crippen molar-refractivity contribution in [1.82, 2.24) is 0 Å². The summed E-state index contributed by atoms with van der Waals surface area (Å²) in [4.78, 5) is 10.8. The van der Waals surface area contributed by atoms with E-state index in [9.17, 15) is 22.4 Å². The van der Waals surface area contributed by atoms with Crippen LogP contribution in [0.3, 0.4) is 0 Å². The maximum absolute atomic E-state index is 12.8. The summed E-state index contributed by atoms with van der Waals surface area (Å²) in [6.07, 6.45) is -6.22. The predicted octanol–water partition coefficient (Wildman–Crippen LogP) is 3.34. The Bertz CT molecular complexity index is 401. The van der Waals surface area contributed by atoms with Crippen LogP contribution in [0.15, 0.2) is 24.3 Å². The number of rotatable bonds is 4. The van der Waals surface area contributed by atoms with Gasteiger partial charge in [0.25, 0.3) is 0 Å². The molecule has 2 nitrogen and oxygen atoms in total. The van der Waals surface area contributed by atoms with Crippen LogP contribution in [-0.2, 0) is 4.79 Å². The Hall–Kier alpha value is -1.59. The molecule has 94 valence electrons. The Labute approximate surface area is 94.9 Å². The van der Waals surface area contributed by atoms with Crippen LogP contribution in [-0.4, -0.2) is 17.3 Å². The molecule has 0 heterocycles. The molecule has 0 aliphatic heterocycles. The molecule has 1 aromatic rings. The average Bonchev–Trinajstić information content (AvgIpc) is 2.15. The molecular formula is C11H10F4O2. The minimum Gasteiger partial charge on any atom is -0.481 e. The zero-order valence-corrected chi connectivity index (χ0v) is 8.67. The molecular weight excluding hydrogens is 240 g/mol. The molecule has 6 heteroatoms. The van der Waals surface area contributed by atoms with Gasteiger partial charge in [-0.2, -0.15) is 13.2 Å². The largest absolute Gasteiger partial charge is 0.481 e. The Kier molecular flexibility index (Phi) is 4.09. The Morgan fingerprint density at radius 3 is 2.47 bits per heavy atom. The van der Waals surface area contributed by atoms with Gasteiger partial charge in [-0.1, -0.05) is 12.1 Å². The number of carboxylic acid groups (broad SMARTS) is 1. The molecule has 1 N–H and O–H groups in total. The molecule has 0 amide bonds. The molecule has 0 bridgehead atoms. The summed E-state index contributed by atoms with van der Waals surface area (Å²) in [6, 6.07) is 4.62. The van der Waals surface area contributed by atoms with Crippen LogP contribution in [0.2, 0.25) is 0 Å². The second kappa shape index (κ2) is 5.16. The summed E-state index contributed by atoms with van der Waals surface area (Å²) in [5, 5.41) is 8.82. The molecule has 0 spiro atoms. The first kappa shape index (κ1) is 13.5. The van der Waals surface area contributed by atoms with Gasteiger partial charge in [-0.15, -0.1) is 0 Å². The molecule has 1 rings (SSSR count). The van der Waals surface area contributed by atoms with Gasteiger partial charge in [-0.05, 0) is 24.1 Å². The maximum atomic E-state index is 12.8. The SMILES string of the molecule is O=C(O)C(CCC(F)(F)F)c1cccc(F)c1. The van der Waals surface area contributed by atoms with E-state index >= 15 is 0 Å². The van der Waals surface area contributed by atoms with Crippen LogP contribution < -0.4 is 0 Å². The minimum absolute atomic E-state index is 0.0433. The lowest BCUT2D eigenvalue weighted by atomic mass is 9.94. The van der Waals surface area contributed by atoms with Crippen LogP contribution in [0, 0.1) is 5.82 Å². The number of carboxylic acids is 1. The third-order valence-electron chi connectivity index (χ3n) is 2.27. The van der Waals surface area contributed by atoms with Crippen molar-refractivity contribution in [3.63, 3.8) is 0 Å². The zero-order valence-electron chi connectivity index (χ0n) is 8.67. The van der Waals surface area contributed by atoms with Gasteiger partial charge >= 0.3 is 12.1 Å². The third-order valence-corrected chi connectivity index (χ3v) is 2.27. The second-order valence-corrected chi connectivity index (χ2v) is 3.60. The molecule has 0 aliphatic carbocycles. The fourth-order valence-electron chi connectivity index (χ4n) is 1.46. The maximum Gasteiger partial charge on any atom is 0.389 e. The van der Waals surface area contributed by atoms with Crippen molar-refractivity contribution in [2.75, 3.05) is 0 Å². The highest BCUT2D eigenvalue weighted by atomic mass is 19.4. The summed E-state index contributed by atoms with van der Waals surface area (Å²) >= 11 is 0. The summed E-state index contributed by atoms with van der Waals surface area (Å²) in [5.41, 5.74) is 0.0433. The fraction of sp³-hybridized carbons (Fsp3) is 0.364. The Morgan fingerprint density at radius 1 is 1.35 bits per heavy atom. The van der Waals surface area contributed by atoms with E-state index in [4.69, 9.17) is 5.11 Å². The number of alkyl halides is 3. The monoisotopic (exact) mass is 250 g/mol. The first-order valence-corrected chi connectivity index (χ1v) is 4.84. The van der Waals surface area contributed by atoms with E-state index in [1.54, 1.807) is 0 Å². The highest BCUT2D eigenvalue weighted by Crippen LogP contribution is 2.29. The highest BCUT2D eigenvalue weighted by Gasteiger charge is 2.31. The fourth-order valence-corrected chi connectivity index (χ4v) is 1.46. The van der Waals surface area contributed by atoms with Crippen molar-refractivity contribution in [3.8, 4) is 0 Å². The normalized spacial score (nSPS) is 13.4. The van der Waals surface area contributed by atoms with Crippen molar-refractivity contribution < 1.29 is 27.5 Å². The zero-order chi connectivity index (χ0) is 13.1. The van der Waals surface area contributed by atoms with E-state index in [2.05, 4.69) is 0 Å². The molecule has 0 aliphatic rings. The topological polar surface area (TPSA) is 37.3 Å². The molecule has 0 saturated carbocycles. The molecule has 1 aromatic carbocycles. The third kappa shape index (κ3) is 4.42. The van der Waals surface area contributed by atoms with Crippen molar-refractivity contribution in [3.05, 3.63) is 35.6 Å². The van der Waals surface area contributed by atoms with E-state index in [-0.39, 0.29) is 5.56 Å². The Balaban J connectivity index is 2.83. The first-order valence-electron chi connectivity index (χ1n) is 4.84. The van der Waals surface area contributed by atoms with Crippen LogP contribution in [0.4, 0.5) is 17.6 Å². The van der Waals surface area contributed by atoms with Crippen LogP contribution >= 0.6 is 0 Å². The lowest BCUT2D eigenvalue weighted by molar-refractivity contribution is -0.145. The van der Waals surface area contributed by atoms with Gasteiger partial charge in [0, 0.05) is 6.42 Å². The quantitative estimate of drug-likeness (QED) is 0.832.